The maximum absolute atomic E-state index is 12.2. The van der Waals surface area contributed by atoms with E-state index in [1.54, 1.807) is 13.0 Å². The smallest absolute Gasteiger partial charge is 0.508 e. The van der Waals surface area contributed by atoms with Crippen molar-refractivity contribution in [2.45, 2.75) is 19.3 Å². The number of ether oxygens (including phenoxy) is 3. The van der Waals surface area contributed by atoms with E-state index in [1.165, 1.54) is 18.2 Å². The Morgan fingerprint density at radius 3 is 2.85 bits per heavy atom. The van der Waals surface area contributed by atoms with Gasteiger partial charge in [0.15, 0.2) is 5.76 Å². The summed E-state index contributed by atoms with van der Waals surface area (Å²) >= 11 is 0. The topological polar surface area (TPSA) is 125 Å². The van der Waals surface area contributed by atoms with Gasteiger partial charge in [0.05, 0.1) is 23.0 Å². The van der Waals surface area contributed by atoms with Crippen LogP contribution < -0.4 is 0 Å². The van der Waals surface area contributed by atoms with Crippen molar-refractivity contribution in [1.29, 1.82) is 0 Å². The van der Waals surface area contributed by atoms with Crippen molar-refractivity contribution in [2.24, 2.45) is 0 Å². The molecule has 26 heavy (non-hydrogen) atoms. The first-order chi connectivity index (χ1) is 12.4. The highest BCUT2D eigenvalue weighted by Gasteiger charge is 2.44. The molecule has 1 atom stereocenters. The third kappa shape index (κ3) is 2.99. The van der Waals surface area contributed by atoms with Crippen LogP contribution in [0.1, 0.15) is 24.8 Å². The number of rotatable bonds is 4. The first-order valence-electron chi connectivity index (χ1n) is 7.83. The number of para-hydroxylation sites is 1. The minimum atomic E-state index is -1.14. The third-order valence-electron chi connectivity index (χ3n) is 4.09. The molecule has 136 valence electrons. The summed E-state index contributed by atoms with van der Waals surface area (Å²) in [4.78, 5) is 34.8. The minimum Gasteiger partial charge on any atom is -0.508 e. The largest absolute Gasteiger partial charge is 0.513 e. The molecule has 0 saturated carbocycles. The molecule has 0 amide bonds. The number of nitro groups is 1. The second-order valence-corrected chi connectivity index (χ2v) is 5.62. The van der Waals surface area contributed by atoms with E-state index in [0.717, 1.165) is 0 Å². The van der Waals surface area contributed by atoms with E-state index in [1.807, 2.05) is 0 Å². The number of cyclic esters (lactones) is 1. The van der Waals surface area contributed by atoms with Gasteiger partial charge in [0, 0.05) is 18.1 Å². The van der Waals surface area contributed by atoms with Gasteiger partial charge in [-0.15, -0.1) is 0 Å². The lowest BCUT2D eigenvalue weighted by Gasteiger charge is -2.25. The molecule has 1 aliphatic carbocycles. The van der Waals surface area contributed by atoms with Crippen LogP contribution in [0.4, 0.5) is 10.5 Å². The first kappa shape index (κ1) is 17.5. The Morgan fingerprint density at radius 2 is 2.15 bits per heavy atom. The quantitative estimate of drug-likeness (QED) is 0.493. The summed E-state index contributed by atoms with van der Waals surface area (Å²) in [6, 6.07) is 5.73. The zero-order chi connectivity index (χ0) is 18.8. The third-order valence-corrected chi connectivity index (χ3v) is 4.09. The number of benzene rings is 1. The molecule has 1 aliphatic heterocycles. The fraction of sp³-hybridized carbons (Fsp3) is 0.294. The number of nitro benzene ring substituents is 1. The molecule has 1 aromatic carbocycles. The Labute approximate surface area is 147 Å². The predicted octanol–water partition coefficient (Wildman–Crippen LogP) is 2.88. The molecule has 0 saturated heterocycles. The molecule has 1 unspecified atom stereocenters. The van der Waals surface area contributed by atoms with Gasteiger partial charge < -0.3 is 19.3 Å². The number of hydrogen-bond acceptors (Lipinski definition) is 8. The van der Waals surface area contributed by atoms with Gasteiger partial charge in [-0.1, -0.05) is 18.2 Å². The number of allylic oxidation sites excluding steroid dienone is 2. The summed E-state index contributed by atoms with van der Waals surface area (Å²) in [5.41, 5.74) is 0.460. The first-order valence-corrected chi connectivity index (χ1v) is 7.83. The highest BCUT2D eigenvalue weighted by Crippen LogP contribution is 2.46. The fourth-order valence-electron chi connectivity index (χ4n) is 3.06. The van der Waals surface area contributed by atoms with Gasteiger partial charge in [0.25, 0.3) is 5.69 Å². The van der Waals surface area contributed by atoms with Crippen molar-refractivity contribution >= 4 is 17.8 Å². The Morgan fingerprint density at radius 1 is 1.42 bits per heavy atom. The van der Waals surface area contributed by atoms with E-state index in [0.29, 0.717) is 5.57 Å². The van der Waals surface area contributed by atoms with Crippen molar-refractivity contribution < 1.29 is 33.8 Å². The molecule has 0 aromatic heterocycles. The van der Waals surface area contributed by atoms with Crippen molar-refractivity contribution in [3.05, 3.63) is 62.6 Å². The molecule has 1 N–H and O–H groups in total. The number of esters is 1. The monoisotopic (exact) mass is 361 g/mol. The van der Waals surface area contributed by atoms with E-state index in [9.17, 15) is 24.8 Å². The second kappa shape index (κ2) is 6.87. The van der Waals surface area contributed by atoms with Crippen molar-refractivity contribution in [3.63, 3.8) is 0 Å². The molecule has 0 radical (unpaired) electrons. The van der Waals surface area contributed by atoms with E-state index in [4.69, 9.17) is 14.2 Å². The lowest BCUT2D eigenvalue weighted by atomic mass is 9.81. The number of carbonyl (C=O) groups excluding carboxylic acids is 2. The Balaban J connectivity index is 2.14. The average Bonchev–Trinajstić information content (AvgIpc) is 2.96. The van der Waals surface area contributed by atoms with Crippen LogP contribution >= 0.6 is 0 Å². The van der Waals surface area contributed by atoms with Crippen molar-refractivity contribution in [1.82, 2.24) is 0 Å². The standard InChI is InChI=1S/C17H15NO8/c1-2-24-17(21)26-15-12(19)7-9-8-25-16(20)13(9)14(15)10-5-3-4-6-11(10)18(22)23/h3-6,14,19H,2,7-8H2,1H3. The average molecular weight is 361 g/mol. The van der Waals surface area contributed by atoms with Crippen molar-refractivity contribution in [3.8, 4) is 0 Å². The Hall–Kier alpha value is -3.36. The number of aliphatic hydroxyl groups is 1. The molecule has 1 aromatic rings. The molecule has 1 heterocycles. The molecule has 0 spiro atoms. The van der Waals surface area contributed by atoms with Crippen LogP contribution in [0, 0.1) is 10.1 Å². The molecule has 0 fully saturated rings. The van der Waals surface area contributed by atoms with E-state index < -0.39 is 23.0 Å². The second-order valence-electron chi connectivity index (χ2n) is 5.62. The number of nitrogens with zero attached hydrogens (tertiary/aromatic N) is 1. The van der Waals surface area contributed by atoms with E-state index in [-0.39, 0.29) is 48.0 Å². The zero-order valence-corrected chi connectivity index (χ0v) is 13.8. The molecular formula is C17H15NO8. The van der Waals surface area contributed by atoms with E-state index in [2.05, 4.69) is 0 Å². The number of aliphatic hydroxyl groups excluding tert-OH is 1. The molecule has 9 heteroatoms. The molecular weight excluding hydrogens is 346 g/mol. The fourth-order valence-corrected chi connectivity index (χ4v) is 3.06. The van der Waals surface area contributed by atoms with Crippen LogP contribution in [0.25, 0.3) is 0 Å². The molecule has 9 nitrogen and oxygen atoms in total. The minimum absolute atomic E-state index is 0.0257. The van der Waals surface area contributed by atoms with Crippen LogP contribution in [-0.2, 0) is 19.0 Å². The van der Waals surface area contributed by atoms with Gasteiger partial charge in [0.1, 0.15) is 12.4 Å². The maximum Gasteiger partial charge on any atom is 0.513 e. The van der Waals surface area contributed by atoms with Gasteiger partial charge in [-0.3, -0.25) is 10.1 Å². The Bertz CT molecular complexity index is 854. The summed E-state index contributed by atoms with van der Waals surface area (Å²) < 4.78 is 14.8. The maximum atomic E-state index is 12.2. The van der Waals surface area contributed by atoms with Crippen LogP contribution in [0.3, 0.4) is 0 Å². The highest BCUT2D eigenvalue weighted by atomic mass is 16.7. The predicted molar refractivity (Wildman–Crippen MR) is 86.2 cm³/mol. The summed E-state index contributed by atoms with van der Waals surface area (Å²) in [5.74, 6) is -2.38. The van der Waals surface area contributed by atoms with Crippen LogP contribution in [-0.4, -0.2) is 35.4 Å². The van der Waals surface area contributed by atoms with Gasteiger partial charge in [-0.2, -0.15) is 0 Å². The van der Waals surface area contributed by atoms with Gasteiger partial charge in [-0.25, -0.2) is 9.59 Å². The van der Waals surface area contributed by atoms with Crippen LogP contribution in [0.5, 0.6) is 0 Å². The lowest BCUT2D eigenvalue weighted by Crippen LogP contribution is -2.22. The van der Waals surface area contributed by atoms with E-state index >= 15 is 0 Å². The van der Waals surface area contributed by atoms with Crippen molar-refractivity contribution in [2.75, 3.05) is 13.2 Å². The SMILES string of the molecule is CCOC(=O)OC1=C(O)CC2=C(C(=O)OC2)C1c1ccccc1[N+](=O)[O-]. The van der Waals surface area contributed by atoms with Crippen LogP contribution in [0.15, 0.2) is 46.9 Å². The van der Waals surface area contributed by atoms with Crippen LogP contribution in [0.2, 0.25) is 0 Å². The van der Waals surface area contributed by atoms with Gasteiger partial charge >= 0.3 is 12.1 Å². The number of carbonyl (C=O) groups is 2. The lowest BCUT2D eigenvalue weighted by molar-refractivity contribution is -0.385. The summed E-state index contributed by atoms with van der Waals surface area (Å²) in [6.45, 7) is 1.59. The summed E-state index contributed by atoms with van der Waals surface area (Å²) in [5, 5.41) is 21.8. The summed E-state index contributed by atoms with van der Waals surface area (Å²) in [6.07, 6.45) is -1.12. The number of hydrogen-bond donors (Lipinski definition) is 1. The van der Waals surface area contributed by atoms with Gasteiger partial charge in [-0.05, 0) is 12.5 Å². The summed E-state index contributed by atoms with van der Waals surface area (Å²) in [7, 11) is 0. The molecule has 2 aliphatic rings. The zero-order valence-electron chi connectivity index (χ0n) is 13.8. The Kier molecular flexibility index (Phi) is 4.61. The molecule has 3 rings (SSSR count). The molecule has 0 bridgehead atoms. The van der Waals surface area contributed by atoms with Gasteiger partial charge in [0.2, 0.25) is 0 Å². The highest BCUT2D eigenvalue weighted by molar-refractivity contribution is 5.95. The normalized spacial score (nSPS) is 19.1.